The van der Waals surface area contributed by atoms with Gasteiger partial charge in [-0.05, 0) is 30.5 Å². The molecule has 2 heterocycles. The largest absolute Gasteiger partial charge is 0.493 e. The second kappa shape index (κ2) is 8.42. The number of hydrogen-bond acceptors (Lipinski definition) is 4. The molecular weight excluding hydrogens is 360 g/mol. The van der Waals surface area contributed by atoms with E-state index in [1.165, 1.54) is 42.2 Å². The second-order valence-electron chi connectivity index (χ2n) is 7.23. The Labute approximate surface area is 165 Å². The van der Waals surface area contributed by atoms with Gasteiger partial charge >= 0.3 is 0 Å². The maximum absolute atomic E-state index is 5.55. The van der Waals surface area contributed by atoms with E-state index in [-0.39, 0.29) is 6.79 Å². The van der Waals surface area contributed by atoms with Gasteiger partial charge in [0.05, 0.1) is 7.11 Å². The average Bonchev–Trinajstić information content (AvgIpc) is 3.18. The molecule has 144 valence electrons. The molecule has 2 N–H and O–H groups in total. The van der Waals surface area contributed by atoms with Crippen LogP contribution in [0.2, 0.25) is 0 Å². The Morgan fingerprint density at radius 3 is 2.22 bits per heavy atom. The lowest BCUT2D eigenvalue weighted by atomic mass is 10.1. The molecule has 6 heteroatoms. The van der Waals surface area contributed by atoms with Crippen LogP contribution < -0.4 is 24.0 Å². The topological polar surface area (TPSA) is 36.6 Å². The molecule has 2 aromatic carbocycles. The molecule has 2 aromatic rings. The molecule has 0 unspecified atom stereocenters. The molecule has 2 aliphatic heterocycles. The molecule has 0 atom stereocenters. The van der Waals surface area contributed by atoms with Crippen molar-refractivity contribution in [1.29, 1.82) is 0 Å². The van der Waals surface area contributed by atoms with Crippen molar-refractivity contribution in [2.45, 2.75) is 18.0 Å². The summed E-state index contributed by atoms with van der Waals surface area (Å²) >= 11 is 1.80. The fourth-order valence-electron chi connectivity index (χ4n) is 3.92. The predicted molar refractivity (Wildman–Crippen MR) is 106 cm³/mol. The van der Waals surface area contributed by atoms with Crippen molar-refractivity contribution in [3.05, 3.63) is 47.5 Å². The normalized spacial score (nSPS) is 21.3. The number of quaternary nitrogens is 2. The van der Waals surface area contributed by atoms with Crippen LogP contribution in [0, 0.1) is 0 Å². The minimum absolute atomic E-state index is 0.280. The Hall–Kier alpha value is -1.89. The molecule has 0 saturated carbocycles. The molecule has 0 spiro atoms. The number of piperazine rings is 1. The van der Waals surface area contributed by atoms with E-state index in [1.54, 1.807) is 28.7 Å². The standard InChI is InChI=1S/C21H26N2O3S/c1-24-19-11-17(12-20-21(19)26-15-25-20)14-23-9-7-22(8-10-23)13-16-3-5-18(27-2)6-4-16/h3-6,11-12H,7-10,13-15H2,1-2H3/p+2. The zero-order valence-electron chi connectivity index (χ0n) is 16.0. The number of rotatable bonds is 6. The number of benzene rings is 2. The molecule has 5 nitrogen and oxygen atoms in total. The lowest BCUT2D eigenvalue weighted by Gasteiger charge is -2.30. The van der Waals surface area contributed by atoms with Gasteiger partial charge in [-0.1, -0.05) is 12.1 Å². The summed E-state index contributed by atoms with van der Waals surface area (Å²) in [7, 11) is 1.68. The lowest BCUT2D eigenvalue weighted by Crippen LogP contribution is -3.27. The molecule has 0 amide bonds. The Kier molecular flexibility index (Phi) is 5.76. The van der Waals surface area contributed by atoms with Crippen LogP contribution in [-0.4, -0.2) is 46.3 Å². The van der Waals surface area contributed by atoms with Crippen LogP contribution in [0.5, 0.6) is 17.2 Å². The summed E-state index contributed by atoms with van der Waals surface area (Å²) in [5.41, 5.74) is 2.69. The summed E-state index contributed by atoms with van der Waals surface area (Å²) in [5, 5.41) is 0. The first-order valence-electron chi connectivity index (χ1n) is 9.51. The first-order chi connectivity index (χ1) is 13.2. The van der Waals surface area contributed by atoms with Gasteiger partial charge in [0.2, 0.25) is 12.5 Å². The van der Waals surface area contributed by atoms with E-state index in [4.69, 9.17) is 14.2 Å². The molecular formula is C21H28N2O3S+2. The number of thioether (sulfide) groups is 1. The van der Waals surface area contributed by atoms with Crippen molar-refractivity contribution in [3.8, 4) is 17.2 Å². The molecule has 2 aliphatic rings. The molecule has 0 aliphatic carbocycles. The van der Waals surface area contributed by atoms with Crippen LogP contribution in [-0.2, 0) is 13.1 Å². The summed E-state index contributed by atoms with van der Waals surface area (Å²) in [4.78, 5) is 4.64. The van der Waals surface area contributed by atoms with E-state index in [0.717, 1.165) is 30.3 Å². The quantitative estimate of drug-likeness (QED) is 0.712. The van der Waals surface area contributed by atoms with Gasteiger partial charge in [-0.25, -0.2) is 0 Å². The molecule has 0 bridgehead atoms. The van der Waals surface area contributed by atoms with Crippen molar-refractivity contribution in [2.75, 3.05) is 46.3 Å². The van der Waals surface area contributed by atoms with Crippen LogP contribution in [0.4, 0.5) is 0 Å². The van der Waals surface area contributed by atoms with Crippen LogP contribution >= 0.6 is 11.8 Å². The van der Waals surface area contributed by atoms with Gasteiger partial charge in [0.25, 0.3) is 0 Å². The average molecular weight is 389 g/mol. The van der Waals surface area contributed by atoms with Crippen molar-refractivity contribution in [2.24, 2.45) is 0 Å². The predicted octanol–water partition coefficient (Wildman–Crippen LogP) is 0.629. The number of fused-ring (bicyclic) bond motifs is 1. The van der Waals surface area contributed by atoms with Crippen LogP contribution in [0.3, 0.4) is 0 Å². The number of methoxy groups -OCH3 is 1. The SMILES string of the molecule is COc1cc(C[NH+]2CC[NH+](Cc3ccc(SC)cc3)CC2)cc2c1OCO2. The van der Waals surface area contributed by atoms with E-state index in [1.807, 2.05) is 0 Å². The van der Waals surface area contributed by atoms with Crippen LogP contribution in [0.15, 0.2) is 41.3 Å². The minimum atomic E-state index is 0.280. The monoisotopic (exact) mass is 388 g/mol. The van der Waals surface area contributed by atoms with Gasteiger partial charge in [-0.2, -0.15) is 0 Å². The van der Waals surface area contributed by atoms with Crippen LogP contribution in [0.1, 0.15) is 11.1 Å². The van der Waals surface area contributed by atoms with E-state index in [9.17, 15) is 0 Å². The van der Waals surface area contributed by atoms with Gasteiger partial charge in [0, 0.05) is 16.0 Å². The highest BCUT2D eigenvalue weighted by molar-refractivity contribution is 7.98. The van der Waals surface area contributed by atoms with Gasteiger partial charge in [0.15, 0.2) is 11.5 Å². The Balaban J connectivity index is 1.32. The van der Waals surface area contributed by atoms with Crippen molar-refractivity contribution >= 4 is 11.8 Å². The fourth-order valence-corrected chi connectivity index (χ4v) is 4.33. The highest BCUT2D eigenvalue weighted by atomic mass is 32.2. The summed E-state index contributed by atoms with van der Waals surface area (Å²) in [6, 6.07) is 13.2. The second-order valence-corrected chi connectivity index (χ2v) is 8.11. The van der Waals surface area contributed by atoms with E-state index in [2.05, 4.69) is 42.7 Å². The molecule has 1 fully saturated rings. The summed E-state index contributed by atoms with van der Waals surface area (Å²) in [6.45, 7) is 7.21. The summed E-state index contributed by atoms with van der Waals surface area (Å²) < 4.78 is 16.5. The number of nitrogens with one attached hydrogen (secondary N) is 2. The molecule has 27 heavy (non-hydrogen) atoms. The minimum Gasteiger partial charge on any atom is -0.493 e. The maximum Gasteiger partial charge on any atom is 0.231 e. The van der Waals surface area contributed by atoms with E-state index in [0.29, 0.717) is 0 Å². The van der Waals surface area contributed by atoms with Crippen molar-refractivity contribution in [1.82, 2.24) is 0 Å². The maximum atomic E-state index is 5.55. The highest BCUT2D eigenvalue weighted by Crippen LogP contribution is 2.41. The molecule has 0 aromatic heterocycles. The zero-order chi connectivity index (χ0) is 18.6. The highest BCUT2D eigenvalue weighted by Gasteiger charge is 2.25. The lowest BCUT2D eigenvalue weighted by molar-refractivity contribution is -1.02. The Morgan fingerprint density at radius 2 is 1.59 bits per heavy atom. The van der Waals surface area contributed by atoms with Crippen molar-refractivity contribution in [3.63, 3.8) is 0 Å². The summed E-state index contributed by atoms with van der Waals surface area (Å²) in [6.07, 6.45) is 2.12. The molecule has 4 rings (SSSR count). The van der Waals surface area contributed by atoms with Gasteiger partial charge in [0.1, 0.15) is 39.3 Å². The van der Waals surface area contributed by atoms with E-state index < -0.39 is 0 Å². The van der Waals surface area contributed by atoms with Gasteiger partial charge in [-0.15, -0.1) is 11.8 Å². The van der Waals surface area contributed by atoms with Gasteiger partial charge in [-0.3, -0.25) is 0 Å². The third kappa shape index (κ3) is 4.34. The fraction of sp³-hybridized carbons (Fsp3) is 0.429. The molecule has 1 saturated heterocycles. The van der Waals surface area contributed by atoms with Crippen LogP contribution in [0.25, 0.3) is 0 Å². The third-order valence-electron chi connectivity index (χ3n) is 5.45. The van der Waals surface area contributed by atoms with Crippen molar-refractivity contribution < 1.29 is 24.0 Å². The smallest absolute Gasteiger partial charge is 0.231 e. The Bertz CT molecular complexity index is 774. The first kappa shape index (κ1) is 18.5. The number of ether oxygens (including phenoxy) is 3. The Morgan fingerprint density at radius 1 is 0.926 bits per heavy atom. The zero-order valence-corrected chi connectivity index (χ0v) is 16.9. The number of hydrogen-bond donors (Lipinski definition) is 2. The summed E-state index contributed by atoms with van der Waals surface area (Å²) in [5.74, 6) is 2.32. The van der Waals surface area contributed by atoms with E-state index >= 15 is 0 Å². The first-order valence-corrected chi connectivity index (χ1v) is 10.7. The third-order valence-corrected chi connectivity index (χ3v) is 6.19. The van der Waals surface area contributed by atoms with Gasteiger partial charge < -0.3 is 24.0 Å². The molecule has 0 radical (unpaired) electrons.